The number of benzene rings is 2. The van der Waals surface area contributed by atoms with Gasteiger partial charge in [0.15, 0.2) is 11.5 Å². The second kappa shape index (κ2) is 6.08. The SMILES string of the molecule is Cc1ccccc1C(O)c1cc(Br)c2c(c1)OCCCO2. The zero-order valence-electron chi connectivity index (χ0n) is 11.8. The van der Waals surface area contributed by atoms with E-state index in [1.54, 1.807) is 0 Å². The van der Waals surface area contributed by atoms with Gasteiger partial charge in [0.25, 0.3) is 0 Å². The second-order valence-electron chi connectivity index (χ2n) is 5.14. The molecule has 0 fully saturated rings. The van der Waals surface area contributed by atoms with Gasteiger partial charge in [0.05, 0.1) is 17.7 Å². The van der Waals surface area contributed by atoms with E-state index in [0.717, 1.165) is 27.6 Å². The summed E-state index contributed by atoms with van der Waals surface area (Å²) in [6.07, 6.45) is 0.177. The number of rotatable bonds is 2. The first kappa shape index (κ1) is 14.4. The number of fused-ring (bicyclic) bond motifs is 1. The summed E-state index contributed by atoms with van der Waals surface area (Å²) < 4.78 is 12.2. The van der Waals surface area contributed by atoms with Crippen LogP contribution in [-0.2, 0) is 0 Å². The van der Waals surface area contributed by atoms with Crippen molar-refractivity contribution in [3.8, 4) is 11.5 Å². The van der Waals surface area contributed by atoms with Gasteiger partial charge in [-0.1, -0.05) is 24.3 Å². The van der Waals surface area contributed by atoms with E-state index in [1.807, 2.05) is 43.3 Å². The van der Waals surface area contributed by atoms with E-state index in [2.05, 4.69) is 15.9 Å². The van der Waals surface area contributed by atoms with Gasteiger partial charge in [-0.15, -0.1) is 0 Å². The van der Waals surface area contributed by atoms with E-state index in [1.165, 1.54) is 0 Å². The van der Waals surface area contributed by atoms with Crippen LogP contribution in [0.3, 0.4) is 0 Å². The van der Waals surface area contributed by atoms with Crippen LogP contribution in [0.4, 0.5) is 0 Å². The average Bonchev–Trinajstić information content (AvgIpc) is 2.72. The van der Waals surface area contributed by atoms with Gasteiger partial charge in [-0.2, -0.15) is 0 Å². The molecule has 0 radical (unpaired) electrons. The maximum Gasteiger partial charge on any atom is 0.175 e. The summed E-state index contributed by atoms with van der Waals surface area (Å²) in [5.41, 5.74) is 2.76. The van der Waals surface area contributed by atoms with E-state index in [9.17, 15) is 5.11 Å². The Morgan fingerprint density at radius 3 is 2.71 bits per heavy atom. The molecule has 110 valence electrons. The number of aryl methyl sites for hydroxylation is 1. The molecule has 1 atom stereocenters. The predicted octanol–water partition coefficient (Wildman–Crippen LogP) is 4.00. The summed E-state index contributed by atoms with van der Waals surface area (Å²) >= 11 is 3.51. The maximum atomic E-state index is 10.7. The Morgan fingerprint density at radius 2 is 1.90 bits per heavy atom. The molecule has 0 aliphatic carbocycles. The van der Waals surface area contributed by atoms with Crippen molar-refractivity contribution in [1.82, 2.24) is 0 Å². The van der Waals surface area contributed by atoms with E-state index >= 15 is 0 Å². The molecule has 2 aromatic carbocycles. The Hall–Kier alpha value is -1.52. The second-order valence-corrected chi connectivity index (χ2v) is 5.99. The summed E-state index contributed by atoms with van der Waals surface area (Å²) in [7, 11) is 0. The Kier molecular flexibility index (Phi) is 4.17. The van der Waals surface area contributed by atoms with Crippen LogP contribution >= 0.6 is 15.9 Å². The summed E-state index contributed by atoms with van der Waals surface area (Å²) in [4.78, 5) is 0. The highest BCUT2D eigenvalue weighted by atomic mass is 79.9. The Bertz CT molecular complexity index is 654. The first-order chi connectivity index (χ1) is 10.2. The van der Waals surface area contributed by atoms with Crippen molar-refractivity contribution in [2.45, 2.75) is 19.4 Å². The number of ether oxygens (including phenoxy) is 2. The van der Waals surface area contributed by atoms with Crippen LogP contribution in [0, 0.1) is 6.92 Å². The molecule has 3 nitrogen and oxygen atoms in total. The molecule has 0 saturated heterocycles. The zero-order chi connectivity index (χ0) is 14.8. The number of aliphatic hydroxyl groups excluding tert-OH is 1. The Labute approximate surface area is 132 Å². The summed E-state index contributed by atoms with van der Waals surface area (Å²) in [6, 6.07) is 11.6. The van der Waals surface area contributed by atoms with Crippen LogP contribution in [0.5, 0.6) is 11.5 Å². The number of hydrogen-bond donors (Lipinski definition) is 1. The fourth-order valence-electron chi connectivity index (χ4n) is 2.48. The molecule has 1 heterocycles. The van der Waals surface area contributed by atoms with Gasteiger partial charge < -0.3 is 14.6 Å². The summed E-state index contributed by atoms with van der Waals surface area (Å²) in [5.74, 6) is 1.40. The smallest absolute Gasteiger partial charge is 0.175 e. The highest BCUT2D eigenvalue weighted by Gasteiger charge is 2.20. The van der Waals surface area contributed by atoms with Crippen molar-refractivity contribution in [2.75, 3.05) is 13.2 Å². The topological polar surface area (TPSA) is 38.7 Å². The molecular formula is C17H17BrO3. The van der Waals surface area contributed by atoms with Crippen molar-refractivity contribution in [2.24, 2.45) is 0 Å². The standard InChI is InChI=1S/C17H17BrO3/c1-11-5-2-3-6-13(11)16(19)12-9-14(18)17-15(10-12)20-7-4-8-21-17/h2-3,5-6,9-10,16,19H,4,7-8H2,1H3. The van der Waals surface area contributed by atoms with Crippen LogP contribution < -0.4 is 9.47 Å². The Balaban J connectivity index is 2.01. The van der Waals surface area contributed by atoms with Crippen molar-refractivity contribution >= 4 is 15.9 Å². The van der Waals surface area contributed by atoms with Crippen molar-refractivity contribution in [1.29, 1.82) is 0 Å². The molecule has 1 N–H and O–H groups in total. The molecule has 21 heavy (non-hydrogen) atoms. The minimum absolute atomic E-state index is 0.628. The minimum Gasteiger partial charge on any atom is -0.490 e. The first-order valence-corrected chi connectivity index (χ1v) is 7.79. The molecule has 1 aliphatic rings. The summed E-state index contributed by atoms with van der Waals surface area (Å²) in [5, 5.41) is 10.7. The molecular weight excluding hydrogens is 332 g/mol. The molecule has 1 aliphatic heterocycles. The third-order valence-corrected chi connectivity index (χ3v) is 4.21. The van der Waals surface area contributed by atoms with Gasteiger partial charge in [0, 0.05) is 6.42 Å². The quantitative estimate of drug-likeness (QED) is 0.891. The maximum absolute atomic E-state index is 10.7. The van der Waals surface area contributed by atoms with Gasteiger partial charge in [-0.3, -0.25) is 0 Å². The molecule has 0 amide bonds. The molecule has 1 unspecified atom stereocenters. The zero-order valence-corrected chi connectivity index (χ0v) is 13.4. The third kappa shape index (κ3) is 2.92. The van der Waals surface area contributed by atoms with Crippen molar-refractivity contribution in [3.05, 3.63) is 57.6 Å². The van der Waals surface area contributed by atoms with E-state index < -0.39 is 6.10 Å². The van der Waals surface area contributed by atoms with Crippen LogP contribution in [0.15, 0.2) is 40.9 Å². The molecule has 0 bridgehead atoms. The highest BCUT2D eigenvalue weighted by molar-refractivity contribution is 9.10. The third-order valence-electron chi connectivity index (χ3n) is 3.62. The van der Waals surface area contributed by atoms with Crippen molar-refractivity contribution in [3.63, 3.8) is 0 Å². The molecule has 0 spiro atoms. The molecule has 3 rings (SSSR count). The minimum atomic E-state index is -0.681. The van der Waals surface area contributed by atoms with Crippen LogP contribution in [-0.4, -0.2) is 18.3 Å². The lowest BCUT2D eigenvalue weighted by Gasteiger charge is -2.17. The van der Waals surface area contributed by atoms with Crippen molar-refractivity contribution < 1.29 is 14.6 Å². The van der Waals surface area contributed by atoms with E-state index in [0.29, 0.717) is 24.7 Å². The normalized spacial score (nSPS) is 15.4. The number of hydrogen-bond acceptors (Lipinski definition) is 3. The molecule has 0 aromatic heterocycles. The first-order valence-electron chi connectivity index (χ1n) is 6.99. The van der Waals surface area contributed by atoms with Gasteiger partial charge in [-0.25, -0.2) is 0 Å². The van der Waals surface area contributed by atoms with Gasteiger partial charge in [0.2, 0.25) is 0 Å². The lowest BCUT2D eigenvalue weighted by atomic mass is 9.97. The number of aliphatic hydroxyl groups is 1. The van der Waals surface area contributed by atoms with Gasteiger partial charge in [0.1, 0.15) is 6.10 Å². The van der Waals surface area contributed by atoms with Crippen LogP contribution in [0.2, 0.25) is 0 Å². The predicted molar refractivity (Wildman–Crippen MR) is 85.0 cm³/mol. The molecule has 2 aromatic rings. The van der Waals surface area contributed by atoms with Gasteiger partial charge >= 0.3 is 0 Å². The van der Waals surface area contributed by atoms with E-state index in [-0.39, 0.29) is 0 Å². The average molecular weight is 349 g/mol. The van der Waals surface area contributed by atoms with Crippen LogP contribution in [0.25, 0.3) is 0 Å². The molecule has 0 saturated carbocycles. The summed E-state index contributed by atoms with van der Waals surface area (Å²) in [6.45, 7) is 3.27. The fraction of sp³-hybridized carbons (Fsp3) is 0.294. The molecule has 4 heteroatoms. The highest BCUT2D eigenvalue weighted by Crippen LogP contribution is 2.40. The van der Waals surface area contributed by atoms with Gasteiger partial charge in [-0.05, 0) is 51.7 Å². The van der Waals surface area contributed by atoms with Crippen LogP contribution in [0.1, 0.15) is 29.2 Å². The van der Waals surface area contributed by atoms with E-state index in [4.69, 9.17) is 9.47 Å². The number of halogens is 1. The largest absolute Gasteiger partial charge is 0.490 e. The lowest BCUT2D eigenvalue weighted by molar-refractivity contribution is 0.218. The monoisotopic (exact) mass is 348 g/mol. The lowest BCUT2D eigenvalue weighted by Crippen LogP contribution is -2.03. The Morgan fingerprint density at radius 1 is 1.14 bits per heavy atom. The fourth-order valence-corrected chi connectivity index (χ4v) is 3.06.